The fraction of sp³-hybridized carbons (Fsp3) is 0.357. The van der Waals surface area contributed by atoms with Crippen LogP contribution < -0.4 is 5.32 Å². The third kappa shape index (κ3) is 2.67. The molecule has 0 aliphatic carbocycles. The van der Waals surface area contributed by atoms with Gasteiger partial charge in [-0.2, -0.15) is 5.10 Å². The van der Waals surface area contributed by atoms with Gasteiger partial charge in [-0.25, -0.2) is 0 Å². The van der Waals surface area contributed by atoms with Crippen LogP contribution in [-0.2, 0) is 13.6 Å². The minimum absolute atomic E-state index is 0.822. The van der Waals surface area contributed by atoms with E-state index in [9.17, 15) is 0 Å². The van der Waals surface area contributed by atoms with Crippen LogP contribution in [0.4, 0.5) is 5.69 Å². The summed E-state index contributed by atoms with van der Waals surface area (Å²) < 4.78 is 1.85. The van der Waals surface area contributed by atoms with Crippen molar-refractivity contribution >= 4 is 5.69 Å². The Kier molecular flexibility index (Phi) is 3.18. The summed E-state index contributed by atoms with van der Waals surface area (Å²) in [5, 5.41) is 7.76. The van der Waals surface area contributed by atoms with Gasteiger partial charge in [-0.3, -0.25) is 4.68 Å². The van der Waals surface area contributed by atoms with Crippen molar-refractivity contribution in [2.24, 2.45) is 7.05 Å². The number of nitrogens with one attached hydrogen (secondary N) is 1. The van der Waals surface area contributed by atoms with E-state index >= 15 is 0 Å². The van der Waals surface area contributed by atoms with Gasteiger partial charge in [0.05, 0.1) is 5.69 Å². The van der Waals surface area contributed by atoms with Gasteiger partial charge in [0.1, 0.15) is 0 Å². The topological polar surface area (TPSA) is 29.9 Å². The molecule has 0 aliphatic heterocycles. The first kappa shape index (κ1) is 11.7. The van der Waals surface area contributed by atoms with E-state index in [1.54, 1.807) is 0 Å². The summed E-state index contributed by atoms with van der Waals surface area (Å²) >= 11 is 0. The van der Waals surface area contributed by atoms with Crippen LogP contribution in [0.25, 0.3) is 0 Å². The van der Waals surface area contributed by atoms with Crippen LogP contribution in [0.1, 0.15) is 22.4 Å². The number of rotatable bonds is 3. The van der Waals surface area contributed by atoms with Gasteiger partial charge in [-0.05, 0) is 44.0 Å². The molecule has 0 fully saturated rings. The number of anilines is 1. The zero-order valence-electron chi connectivity index (χ0n) is 10.9. The molecule has 0 atom stereocenters. The normalized spacial score (nSPS) is 10.6. The maximum Gasteiger partial charge on any atom is 0.0643 e. The number of hydrogen-bond acceptors (Lipinski definition) is 2. The van der Waals surface area contributed by atoms with E-state index in [1.165, 1.54) is 16.7 Å². The van der Waals surface area contributed by atoms with E-state index in [-0.39, 0.29) is 0 Å². The van der Waals surface area contributed by atoms with Crippen LogP contribution in [0.5, 0.6) is 0 Å². The highest BCUT2D eigenvalue weighted by Crippen LogP contribution is 2.15. The van der Waals surface area contributed by atoms with Crippen molar-refractivity contribution in [3.05, 3.63) is 46.8 Å². The Balaban J connectivity index is 2.07. The minimum atomic E-state index is 0.822. The first-order chi connectivity index (χ1) is 8.06. The molecular formula is C14H19N3. The molecule has 0 saturated heterocycles. The molecule has 1 heterocycles. The van der Waals surface area contributed by atoms with Crippen molar-refractivity contribution in [1.82, 2.24) is 9.78 Å². The highest BCUT2D eigenvalue weighted by molar-refractivity contribution is 5.48. The Morgan fingerprint density at radius 2 is 1.94 bits per heavy atom. The molecule has 0 unspecified atom stereocenters. The van der Waals surface area contributed by atoms with Gasteiger partial charge in [0.15, 0.2) is 0 Å². The lowest BCUT2D eigenvalue weighted by Gasteiger charge is -2.08. The van der Waals surface area contributed by atoms with E-state index in [1.807, 2.05) is 18.7 Å². The lowest BCUT2D eigenvalue weighted by molar-refractivity contribution is 0.756. The van der Waals surface area contributed by atoms with Crippen LogP contribution in [0.15, 0.2) is 24.4 Å². The van der Waals surface area contributed by atoms with Gasteiger partial charge in [0.25, 0.3) is 0 Å². The predicted molar refractivity (Wildman–Crippen MR) is 71.2 cm³/mol. The van der Waals surface area contributed by atoms with Crippen molar-refractivity contribution in [2.45, 2.75) is 27.3 Å². The molecule has 0 saturated carbocycles. The van der Waals surface area contributed by atoms with Crippen LogP contribution in [0.2, 0.25) is 0 Å². The van der Waals surface area contributed by atoms with Crippen LogP contribution in [-0.4, -0.2) is 9.78 Å². The Bertz CT molecular complexity index is 526. The molecule has 1 aromatic carbocycles. The summed E-state index contributed by atoms with van der Waals surface area (Å²) in [5.41, 5.74) is 6.14. The quantitative estimate of drug-likeness (QED) is 0.877. The van der Waals surface area contributed by atoms with Crippen molar-refractivity contribution in [1.29, 1.82) is 0 Å². The lowest BCUT2D eigenvalue weighted by atomic mass is 10.1. The number of hydrogen-bond donors (Lipinski definition) is 1. The number of benzene rings is 1. The lowest BCUT2D eigenvalue weighted by Crippen LogP contribution is -2.00. The van der Waals surface area contributed by atoms with Crippen LogP contribution in [0, 0.1) is 20.8 Å². The molecule has 0 radical (unpaired) electrons. The molecule has 0 bridgehead atoms. The molecule has 1 aromatic heterocycles. The zero-order chi connectivity index (χ0) is 12.4. The highest BCUT2D eigenvalue weighted by Gasteiger charge is 2.02. The molecule has 2 rings (SSSR count). The number of nitrogens with zero attached hydrogens (tertiary/aromatic N) is 2. The predicted octanol–water partition coefficient (Wildman–Crippen LogP) is 2.96. The van der Waals surface area contributed by atoms with Crippen molar-refractivity contribution < 1.29 is 0 Å². The molecule has 1 N–H and O–H groups in total. The van der Waals surface area contributed by atoms with Gasteiger partial charge in [-0.1, -0.05) is 6.07 Å². The maximum atomic E-state index is 4.33. The molecular weight excluding hydrogens is 210 g/mol. The van der Waals surface area contributed by atoms with Gasteiger partial charge < -0.3 is 5.32 Å². The molecule has 90 valence electrons. The summed E-state index contributed by atoms with van der Waals surface area (Å²) in [4.78, 5) is 0. The summed E-state index contributed by atoms with van der Waals surface area (Å²) in [5.74, 6) is 0. The third-order valence-corrected chi connectivity index (χ3v) is 3.10. The Morgan fingerprint density at radius 1 is 1.18 bits per heavy atom. The second-order valence-electron chi connectivity index (χ2n) is 4.57. The summed E-state index contributed by atoms with van der Waals surface area (Å²) in [7, 11) is 1.95. The van der Waals surface area contributed by atoms with Gasteiger partial charge in [0.2, 0.25) is 0 Å². The standard InChI is InChI=1S/C14H19N3/c1-10-5-6-14(7-11(10)2)15-8-13-9-17(4)16-12(13)3/h5-7,9,15H,8H2,1-4H3. The molecule has 0 amide bonds. The molecule has 2 aromatic rings. The van der Waals surface area contributed by atoms with E-state index in [0.717, 1.165) is 17.9 Å². The fourth-order valence-electron chi connectivity index (χ4n) is 1.87. The monoisotopic (exact) mass is 229 g/mol. The summed E-state index contributed by atoms with van der Waals surface area (Å²) in [6.07, 6.45) is 2.06. The van der Waals surface area contributed by atoms with Crippen LogP contribution >= 0.6 is 0 Å². The minimum Gasteiger partial charge on any atom is -0.381 e. The first-order valence-corrected chi connectivity index (χ1v) is 5.86. The van der Waals surface area contributed by atoms with Crippen molar-refractivity contribution in [3.63, 3.8) is 0 Å². The summed E-state index contributed by atoms with van der Waals surface area (Å²) in [6, 6.07) is 6.45. The van der Waals surface area contributed by atoms with E-state index < -0.39 is 0 Å². The van der Waals surface area contributed by atoms with Gasteiger partial charge >= 0.3 is 0 Å². The van der Waals surface area contributed by atoms with Crippen molar-refractivity contribution in [2.75, 3.05) is 5.32 Å². The molecule has 0 spiro atoms. The third-order valence-electron chi connectivity index (χ3n) is 3.10. The second kappa shape index (κ2) is 4.62. The maximum absolute atomic E-state index is 4.33. The van der Waals surface area contributed by atoms with Crippen molar-refractivity contribution in [3.8, 4) is 0 Å². The fourth-order valence-corrected chi connectivity index (χ4v) is 1.87. The highest BCUT2D eigenvalue weighted by atomic mass is 15.2. The number of aromatic nitrogens is 2. The largest absolute Gasteiger partial charge is 0.381 e. The average molecular weight is 229 g/mol. The van der Waals surface area contributed by atoms with Gasteiger partial charge in [0, 0.05) is 31.0 Å². The Labute approximate surface area is 102 Å². The SMILES string of the molecule is Cc1ccc(NCc2cn(C)nc2C)cc1C. The van der Waals surface area contributed by atoms with Crippen LogP contribution in [0.3, 0.4) is 0 Å². The van der Waals surface area contributed by atoms with E-state index in [0.29, 0.717) is 0 Å². The first-order valence-electron chi connectivity index (χ1n) is 5.86. The molecule has 0 aliphatic rings. The second-order valence-corrected chi connectivity index (χ2v) is 4.57. The Morgan fingerprint density at radius 3 is 2.53 bits per heavy atom. The smallest absolute Gasteiger partial charge is 0.0643 e. The molecule has 3 heteroatoms. The Hall–Kier alpha value is -1.77. The van der Waals surface area contributed by atoms with E-state index in [4.69, 9.17) is 0 Å². The van der Waals surface area contributed by atoms with E-state index in [2.05, 4.69) is 48.7 Å². The molecule has 3 nitrogen and oxygen atoms in total. The van der Waals surface area contributed by atoms with Gasteiger partial charge in [-0.15, -0.1) is 0 Å². The molecule has 17 heavy (non-hydrogen) atoms. The zero-order valence-corrected chi connectivity index (χ0v) is 10.9. The summed E-state index contributed by atoms with van der Waals surface area (Å²) in [6.45, 7) is 7.12. The average Bonchev–Trinajstić information content (AvgIpc) is 2.59. The number of aryl methyl sites for hydroxylation is 4.